The maximum Gasteiger partial charge on any atom is 0.0591 e. The average molecular weight is 184 g/mol. The molecule has 1 heteroatoms. The summed E-state index contributed by atoms with van der Waals surface area (Å²) in [7, 11) is 0. The molecule has 1 aliphatic carbocycles. The zero-order valence-electron chi connectivity index (χ0n) is 9.34. The van der Waals surface area contributed by atoms with Gasteiger partial charge in [0.05, 0.1) is 5.60 Å². The topological polar surface area (TPSA) is 20.2 Å². The minimum Gasteiger partial charge on any atom is -0.390 e. The fraction of sp³-hybridized carbons (Fsp3) is 1.00. The molecular weight excluding hydrogens is 160 g/mol. The molecular formula is C12H24O. The van der Waals surface area contributed by atoms with Gasteiger partial charge in [-0.1, -0.05) is 32.6 Å². The maximum absolute atomic E-state index is 9.60. The molecule has 0 aromatic rings. The fourth-order valence-corrected chi connectivity index (χ4v) is 2.18. The van der Waals surface area contributed by atoms with Crippen LogP contribution in [0.5, 0.6) is 0 Å². The van der Waals surface area contributed by atoms with E-state index in [0.717, 1.165) is 18.3 Å². The van der Waals surface area contributed by atoms with Crippen molar-refractivity contribution in [2.75, 3.05) is 0 Å². The van der Waals surface area contributed by atoms with Crippen LogP contribution in [0.3, 0.4) is 0 Å². The third kappa shape index (κ3) is 4.66. The van der Waals surface area contributed by atoms with Gasteiger partial charge in [-0.25, -0.2) is 0 Å². The van der Waals surface area contributed by atoms with E-state index < -0.39 is 5.60 Å². The van der Waals surface area contributed by atoms with Crippen molar-refractivity contribution >= 4 is 0 Å². The van der Waals surface area contributed by atoms with Crippen LogP contribution in [0.2, 0.25) is 0 Å². The van der Waals surface area contributed by atoms with Gasteiger partial charge in [0.2, 0.25) is 0 Å². The predicted octanol–water partition coefficient (Wildman–Crippen LogP) is 3.36. The van der Waals surface area contributed by atoms with Crippen molar-refractivity contribution in [1.82, 2.24) is 0 Å². The van der Waals surface area contributed by atoms with Crippen LogP contribution in [0.1, 0.15) is 59.3 Å². The molecule has 78 valence electrons. The molecule has 0 saturated heterocycles. The van der Waals surface area contributed by atoms with E-state index in [-0.39, 0.29) is 0 Å². The van der Waals surface area contributed by atoms with Gasteiger partial charge in [-0.3, -0.25) is 0 Å². The van der Waals surface area contributed by atoms with Gasteiger partial charge in [0, 0.05) is 0 Å². The quantitative estimate of drug-likeness (QED) is 0.713. The van der Waals surface area contributed by atoms with Crippen molar-refractivity contribution in [3.8, 4) is 0 Å². The van der Waals surface area contributed by atoms with Gasteiger partial charge in [-0.05, 0) is 38.5 Å². The summed E-state index contributed by atoms with van der Waals surface area (Å²) in [4.78, 5) is 0. The highest BCUT2D eigenvalue weighted by molar-refractivity contribution is 4.73. The fourth-order valence-electron chi connectivity index (χ4n) is 2.18. The summed E-state index contributed by atoms with van der Waals surface area (Å²) in [5, 5.41) is 9.60. The summed E-state index contributed by atoms with van der Waals surface area (Å²) in [6.45, 7) is 6.18. The molecule has 1 rings (SSSR count). The molecule has 0 bridgehead atoms. The lowest BCUT2D eigenvalue weighted by molar-refractivity contribution is 0.0602. The van der Waals surface area contributed by atoms with Crippen molar-refractivity contribution in [2.24, 2.45) is 11.8 Å². The third-order valence-electron chi connectivity index (χ3n) is 3.30. The van der Waals surface area contributed by atoms with Crippen LogP contribution in [-0.4, -0.2) is 10.7 Å². The Labute approximate surface area is 82.5 Å². The van der Waals surface area contributed by atoms with Crippen LogP contribution in [0, 0.1) is 11.8 Å². The van der Waals surface area contributed by atoms with Gasteiger partial charge in [0.25, 0.3) is 0 Å². The summed E-state index contributed by atoms with van der Waals surface area (Å²) in [6, 6.07) is 0. The monoisotopic (exact) mass is 184 g/mol. The molecule has 1 nitrogen and oxygen atoms in total. The molecule has 0 atom stereocenters. The Balaban J connectivity index is 2.16. The maximum atomic E-state index is 9.60. The number of hydrogen-bond acceptors (Lipinski definition) is 1. The van der Waals surface area contributed by atoms with Gasteiger partial charge < -0.3 is 5.11 Å². The summed E-state index contributed by atoms with van der Waals surface area (Å²) < 4.78 is 0. The summed E-state index contributed by atoms with van der Waals surface area (Å²) in [5.74, 6) is 1.83. The van der Waals surface area contributed by atoms with Crippen molar-refractivity contribution in [3.63, 3.8) is 0 Å². The van der Waals surface area contributed by atoms with Crippen molar-refractivity contribution < 1.29 is 5.11 Å². The second kappa shape index (κ2) is 4.45. The highest BCUT2D eigenvalue weighted by Gasteiger charge is 2.21. The van der Waals surface area contributed by atoms with Crippen LogP contribution < -0.4 is 0 Å². The SMILES string of the molecule is CC1CCC(CCC(C)(C)O)CC1. The summed E-state index contributed by atoms with van der Waals surface area (Å²) in [6.07, 6.45) is 7.75. The molecule has 1 N–H and O–H groups in total. The first-order valence-corrected chi connectivity index (χ1v) is 5.70. The van der Waals surface area contributed by atoms with Gasteiger partial charge in [-0.15, -0.1) is 0 Å². The van der Waals surface area contributed by atoms with E-state index in [1.165, 1.54) is 32.1 Å². The van der Waals surface area contributed by atoms with E-state index in [1.54, 1.807) is 0 Å². The summed E-state index contributed by atoms with van der Waals surface area (Å²) in [5.41, 5.74) is -0.455. The van der Waals surface area contributed by atoms with E-state index in [2.05, 4.69) is 6.92 Å². The third-order valence-corrected chi connectivity index (χ3v) is 3.30. The lowest BCUT2D eigenvalue weighted by Crippen LogP contribution is -2.21. The smallest absolute Gasteiger partial charge is 0.0591 e. The van der Waals surface area contributed by atoms with Crippen molar-refractivity contribution in [2.45, 2.75) is 64.9 Å². The predicted molar refractivity (Wildman–Crippen MR) is 56.7 cm³/mol. The average Bonchev–Trinajstić information content (AvgIpc) is 2.02. The highest BCUT2D eigenvalue weighted by atomic mass is 16.3. The normalized spacial score (nSPS) is 30.5. The highest BCUT2D eigenvalue weighted by Crippen LogP contribution is 2.32. The van der Waals surface area contributed by atoms with Gasteiger partial charge in [-0.2, -0.15) is 0 Å². The Morgan fingerprint density at radius 3 is 2.15 bits per heavy atom. The minimum atomic E-state index is -0.455. The number of aliphatic hydroxyl groups is 1. The Bertz CT molecular complexity index is 138. The largest absolute Gasteiger partial charge is 0.390 e. The molecule has 0 spiro atoms. The van der Waals surface area contributed by atoms with Crippen LogP contribution in [0.4, 0.5) is 0 Å². The van der Waals surface area contributed by atoms with Crippen molar-refractivity contribution in [1.29, 1.82) is 0 Å². The molecule has 0 aliphatic heterocycles. The van der Waals surface area contributed by atoms with Crippen LogP contribution >= 0.6 is 0 Å². The molecule has 0 aromatic heterocycles. The van der Waals surface area contributed by atoms with E-state index in [0.29, 0.717) is 0 Å². The Kier molecular flexibility index (Phi) is 3.78. The first-order chi connectivity index (χ1) is 5.97. The van der Waals surface area contributed by atoms with E-state index in [1.807, 2.05) is 13.8 Å². The molecule has 0 heterocycles. The molecule has 0 radical (unpaired) electrons. The lowest BCUT2D eigenvalue weighted by atomic mass is 9.79. The Hall–Kier alpha value is -0.0400. The van der Waals surface area contributed by atoms with E-state index in [4.69, 9.17) is 0 Å². The Morgan fingerprint density at radius 2 is 1.69 bits per heavy atom. The second-order valence-electron chi connectivity index (χ2n) is 5.48. The lowest BCUT2D eigenvalue weighted by Gasteiger charge is -2.28. The first-order valence-electron chi connectivity index (χ1n) is 5.70. The van der Waals surface area contributed by atoms with Crippen molar-refractivity contribution in [3.05, 3.63) is 0 Å². The number of rotatable bonds is 3. The molecule has 0 amide bonds. The van der Waals surface area contributed by atoms with Crippen LogP contribution in [0.25, 0.3) is 0 Å². The molecule has 1 aliphatic rings. The zero-order valence-corrected chi connectivity index (χ0v) is 9.34. The molecule has 0 unspecified atom stereocenters. The van der Waals surface area contributed by atoms with E-state index in [9.17, 15) is 5.11 Å². The molecule has 1 saturated carbocycles. The summed E-state index contributed by atoms with van der Waals surface area (Å²) >= 11 is 0. The van der Waals surface area contributed by atoms with Crippen LogP contribution in [0.15, 0.2) is 0 Å². The standard InChI is InChI=1S/C12H24O/c1-10-4-6-11(7-5-10)8-9-12(2,3)13/h10-11,13H,4-9H2,1-3H3. The second-order valence-corrected chi connectivity index (χ2v) is 5.48. The zero-order chi connectivity index (χ0) is 9.90. The molecule has 13 heavy (non-hydrogen) atoms. The van der Waals surface area contributed by atoms with Crippen LogP contribution in [-0.2, 0) is 0 Å². The number of hydrogen-bond donors (Lipinski definition) is 1. The minimum absolute atomic E-state index is 0.455. The molecule has 0 aromatic carbocycles. The van der Waals surface area contributed by atoms with Gasteiger partial charge >= 0.3 is 0 Å². The van der Waals surface area contributed by atoms with Gasteiger partial charge in [0.1, 0.15) is 0 Å². The Morgan fingerprint density at radius 1 is 1.15 bits per heavy atom. The van der Waals surface area contributed by atoms with Gasteiger partial charge in [0.15, 0.2) is 0 Å². The first kappa shape index (κ1) is 11.0. The molecule has 1 fully saturated rings. The van der Waals surface area contributed by atoms with E-state index >= 15 is 0 Å².